The van der Waals surface area contributed by atoms with E-state index >= 15 is 0 Å². The molecule has 0 atom stereocenters. The summed E-state index contributed by atoms with van der Waals surface area (Å²) in [5.41, 5.74) is 1.05. The van der Waals surface area contributed by atoms with E-state index in [1.807, 2.05) is 0 Å². The van der Waals surface area contributed by atoms with Gasteiger partial charge in [-0.2, -0.15) is 0 Å². The van der Waals surface area contributed by atoms with Crippen molar-refractivity contribution >= 4 is 45.9 Å². The molecule has 0 spiro atoms. The minimum atomic E-state index is -1.00. The molecular weight excluding hydrogens is 277 g/mol. The molecule has 6 heteroatoms. The van der Waals surface area contributed by atoms with Crippen LogP contribution >= 0.6 is 23.2 Å². The van der Waals surface area contributed by atoms with Crippen molar-refractivity contribution in [3.63, 3.8) is 0 Å². The summed E-state index contributed by atoms with van der Waals surface area (Å²) in [4.78, 5) is 25.2. The second-order valence-electron chi connectivity index (χ2n) is 3.83. The lowest BCUT2D eigenvalue weighted by Gasteiger charge is -2.00. The highest BCUT2D eigenvalue weighted by atomic mass is 35.5. The molecule has 0 fully saturated rings. The highest BCUT2D eigenvalue weighted by Gasteiger charge is 2.16. The minimum Gasteiger partial charge on any atom is -0.481 e. The molecular formula is C12H9Cl2NO3. The molecule has 0 aliphatic carbocycles. The summed E-state index contributed by atoms with van der Waals surface area (Å²) in [6.07, 6.45) is 1.27. The third kappa shape index (κ3) is 2.49. The molecule has 2 aromatic rings. The number of carboxylic acid groups (broad SMARTS) is 1. The van der Waals surface area contributed by atoms with Crippen LogP contribution in [0.4, 0.5) is 0 Å². The number of nitrogens with one attached hydrogen (secondary N) is 1. The van der Waals surface area contributed by atoms with Crippen molar-refractivity contribution in [1.82, 2.24) is 4.98 Å². The Bertz CT molecular complexity index is 634. The summed E-state index contributed by atoms with van der Waals surface area (Å²) < 4.78 is 0. The first-order valence-corrected chi connectivity index (χ1v) is 5.95. The van der Waals surface area contributed by atoms with Crippen LogP contribution in [-0.2, 0) is 4.79 Å². The van der Waals surface area contributed by atoms with Crippen molar-refractivity contribution in [2.24, 2.45) is 0 Å². The van der Waals surface area contributed by atoms with Crippen LogP contribution in [0.5, 0.6) is 0 Å². The van der Waals surface area contributed by atoms with Gasteiger partial charge in [-0.05, 0) is 12.1 Å². The van der Waals surface area contributed by atoms with E-state index in [9.17, 15) is 9.59 Å². The van der Waals surface area contributed by atoms with E-state index in [0.717, 1.165) is 0 Å². The summed E-state index contributed by atoms with van der Waals surface area (Å²) in [6, 6.07) is 3.21. The largest absolute Gasteiger partial charge is 0.481 e. The SMILES string of the molecule is O=C(O)CCC(=O)c1c[nH]c2cc(Cl)cc(Cl)c12. The van der Waals surface area contributed by atoms with Crippen LogP contribution < -0.4 is 0 Å². The van der Waals surface area contributed by atoms with E-state index in [-0.39, 0.29) is 18.6 Å². The van der Waals surface area contributed by atoms with Gasteiger partial charge in [-0.15, -0.1) is 0 Å². The zero-order valence-corrected chi connectivity index (χ0v) is 10.7. The molecule has 2 rings (SSSR count). The number of ketones is 1. The summed E-state index contributed by atoms with van der Waals surface area (Å²) in [7, 11) is 0. The molecule has 0 aliphatic rings. The first kappa shape index (κ1) is 12.9. The second-order valence-corrected chi connectivity index (χ2v) is 4.67. The Morgan fingerprint density at radius 1 is 1.22 bits per heavy atom. The van der Waals surface area contributed by atoms with E-state index in [1.165, 1.54) is 6.20 Å². The molecule has 0 saturated heterocycles. The van der Waals surface area contributed by atoms with Gasteiger partial charge in [0.1, 0.15) is 0 Å². The van der Waals surface area contributed by atoms with Crippen molar-refractivity contribution in [3.8, 4) is 0 Å². The summed E-state index contributed by atoms with van der Waals surface area (Å²) in [5, 5.41) is 9.98. The number of carboxylic acids is 1. The number of aromatic amines is 1. The van der Waals surface area contributed by atoms with Gasteiger partial charge >= 0.3 is 5.97 Å². The van der Waals surface area contributed by atoms with Crippen molar-refractivity contribution < 1.29 is 14.7 Å². The molecule has 1 heterocycles. The highest BCUT2D eigenvalue weighted by molar-refractivity contribution is 6.39. The van der Waals surface area contributed by atoms with Gasteiger partial charge in [-0.3, -0.25) is 9.59 Å². The van der Waals surface area contributed by atoms with Crippen molar-refractivity contribution in [2.45, 2.75) is 12.8 Å². The number of rotatable bonds is 4. The molecule has 4 nitrogen and oxygen atoms in total. The normalized spacial score (nSPS) is 10.8. The predicted octanol–water partition coefficient (Wildman–Crippen LogP) is 3.52. The van der Waals surface area contributed by atoms with E-state index < -0.39 is 5.97 Å². The average Bonchev–Trinajstić information content (AvgIpc) is 2.69. The van der Waals surface area contributed by atoms with Gasteiger partial charge in [0.15, 0.2) is 5.78 Å². The maximum absolute atomic E-state index is 11.9. The number of benzene rings is 1. The quantitative estimate of drug-likeness (QED) is 0.845. The fourth-order valence-corrected chi connectivity index (χ4v) is 2.35. The summed E-state index contributed by atoms with van der Waals surface area (Å²) in [5.74, 6) is -1.26. The molecule has 0 amide bonds. The Hall–Kier alpha value is -1.52. The number of aliphatic carboxylic acids is 1. The Morgan fingerprint density at radius 2 is 1.94 bits per heavy atom. The predicted molar refractivity (Wildman–Crippen MR) is 69.5 cm³/mol. The number of Topliss-reactive ketones (excluding diaryl/α,β-unsaturated/α-hetero) is 1. The number of fused-ring (bicyclic) bond motifs is 1. The number of aromatic nitrogens is 1. The van der Waals surface area contributed by atoms with Crippen LogP contribution in [0, 0.1) is 0 Å². The van der Waals surface area contributed by atoms with E-state index in [2.05, 4.69) is 4.98 Å². The van der Waals surface area contributed by atoms with E-state index in [1.54, 1.807) is 12.1 Å². The first-order chi connectivity index (χ1) is 8.49. The fraction of sp³-hybridized carbons (Fsp3) is 0.167. The van der Waals surface area contributed by atoms with E-state index in [4.69, 9.17) is 28.3 Å². The third-order valence-electron chi connectivity index (χ3n) is 2.56. The summed E-state index contributed by atoms with van der Waals surface area (Å²) in [6.45, 7) is 0. The van der Waals surface area contributed by atoms with Crippen LogP contribution in [0.3, 0.4) is 0 Å². The minimum absolute atomic E-state index is 0.0543. The van der Waals surface area contributed by atoms with Gasteiger partial charge < -0.3 is 10.1 Å². The zero-order chi connectivity index (χ0) is 13.3. The van der Waals surface area contributed by atoms with Crippen LogP contribution in [0.1, 0.15) is 23.2 Å². The van der Waals surface area contributed by atoms with Crippen molar-refractivity contribution in [2.75, 3.05) is 0 Å². The molecule has 1 aromatic heterocycles. The number of H-pyrrole nitrogens is 1. The number of hydrogen-bond acceptors (Lipinski definition) is 2. The van der Waals surface area contributed by atoms with Gasteiger partial charge in [0.05, 0.1) is 11.4 Å². The number of halogens is 2. The maximum Gasteiger partial charge on any atom is 0.303 e. The smallest absolute Gasteiger partial charge is 0.303 e. The maximum atomic E-state index is 11.9. The molecule has 0 unspecified atom stereocenters. The Labute approximate surface area is 113 Å². The lowest BCUT2D eigenvalue weighted by Crippen LogP contribution is -2.03. The van der Waals surface area contributed by atoms with Crippen LogP contribution in [0.2, 0.25) is 10.0 Å². The van der Waals surface area contributed by atoms with Gasteiger partial charge in [-0.1, -0.05) is 23.2 Å². The van der Waals surface area contributed by atoms with Gasteiger partial charge in [-0.25, -0.2) is 0 Å². The number of carbonyl (C=O) groups excluding carboxylic acids is 1. The van der Waals surface area contributed by atoms with Crippen LogP contribution in [0.15, 0.2) is 18.3 Å². The van der Waals surface area contributed by atoms with Gasteiger partial charge in [0.2, 0.25) is 0 Å². The Balaban J connectivity index is 2.40. The Morgan fingerprint density at radius 3 is 2.61 bits per heavy atom. The Kier molecular flexibility index (Phi) is 3.59. The highest BCUT2D eigenvalue weighted by Crippen LogP contribution is 2.31. The second kappa shape index (κ2) is 5.00. The van der Waals surface area contributed by atoms with Crippen LogP contribution in [-0.4, -0.2) is 21.8 Å². The van der Waals surface area contributed by atoms with Crippen molar-refractivity contribution in [3.05, 3.63) is 33.9 Å². The molecule has 0 radical (unpaired) electrons. The number of carbonyl (C=O) groups is 2. The molecule has 0 saturated carbocycles. The first-order valence-electron chi connectivity index (χ1n) is 5.20. The van der Waals surface area contributed by atoms with E-state index in [0.29, 0.717) is 26.5 Å². The topological polar surface area (TPSA) is 70.2 Å². The van der Waals surface area contributed by atoms with Crippen LogP contribution in [0.25, 0.3) is 10.9 Å². The lowest BCUT2D eigenvalue weighted by molar-refractivity contribution is -0.136. The molecule has 0 bridgehead atoms. The molecule has 2 N–H and O–H groups in total. The fourth-order valence-electron chi connectivity index (χ4n) is 1.76. The lowest BCUT2D eigenvalue weighted by atomic mass is 10.1. The monoisotopic (exact) mass is 285 g/mol. The van der Waals surface area contributed by atoms with Gasteiger partial charge in [0, 0.05) is 34.1 Å². The van der Waals surface area contributed by atoms with Crippen molar-refractivity contribution in [1.29, 1.82) is 0 Å². The molecule has 18 heavy (non-hydrogen) atoms. The summed E-state index contributed by atoms with van der Waals surface area (Å²) >= 11 is 11.9. The molecule has 1 aromatic carbocycles. The average molecular weight is 286 g/mol. The number of hydrogen-bond donors (Lipinski definition) is 2. The van der Waals surface area contributed by atoms with Gasteiger partial charge in [0.25, 0.3) is 0 Å². The molecule has 94 valence electrons. The zero-order valence-electron chi connectivity index (χ0n) is 9.17. The third-order valence-corrected chi connectivity index (χ3v) is 3.08. The molecule has 0 aliphatic heterocycles. The standard InChI is InChI=1S/C12H9Cl2NO3/c13-6-3-8(14)12-7(5-15-9(12)4-6)10(16)1-2-11(17)18/h3-5,15H,1-2H2,(H,17,18).